The van der Waals surface area contributed by atoms with E-state index in [2.05, 4.69) is 20.8 Å². The van der Waals surface area contributed by atoms with Crippen molar-refractivity contribution in [1.82, 2.24) is 10.4 Å². The van der Waals surface area contributed by atoms with E-state index >= 15 is 0 Å². The number of hydrogen-bond acceptors (Lipinski definition) is 4. The molecule has 1 aromatic heterocycles. The van der Waals surface area contributed by atoms with Crippen LogP contribution in [0.5, 0.6) is 0 Å². The summed E-state index contributed by atoms with van der Waals surface area (Å²) in [7, 11) is 0. The van der Waals surface area contributed by atoms with Crippen molar-refractivity contribution >= 4 is 69.4 Å². The number of benzene rings is 2. The number of fused-ring (bicyclic) bond motifs is 1. The second-order valence-corrected chi connectivity index (χ2v) is 6.52. The number of hydrazone groups is 1. The van der Waals surface area contributed by atoms with Crippen LogP contribution in [0.15, 0.2) is 53.6 Å². The molecule has 9 heteroatoms. The van der Waals surface area contributed by atoms with Crippen molar-refractivity contribution in [3.63, 3.8) is 0 Å². The minimum Gasteiger partial charge on any atom is -0.318 e. The molecule has 2 aromatic carbocycles. The average Bonchev–Trinajstić information content (AvgIpc) is 2.65. The fourth-order valence-corrected chi connectivity index (χ4v) is 2.66. The molecule has 0 atom stereocenters. The Bertz CT molecular complexity index is 1070. The van der Waals surface area contributed by atoms with Gasteiger partial charge in [-0.3, -0.25) is 9.59 Å². The molecule has 136 valence electrons. The highest BCUT2D eigenvalue weighted by Crippen LogP contribution is 2.25. The van der Waals surface area contributed by atoms with Crippen molar-refractivity contribution in [3.8, 4) is 0 Å². The van der Waals surface area contributed by atoms with E-state index in [4.69, 9.17) is 34.8 Å². The van der Waals surface area contributed by atoms with Crippen molar-refractivity contribution in [2.75, 3.05) is 5.32 Å². The van der Waals surface area contributed by atoms with E-state index in [-0.39, 0.29) is 10.2 Å². The van der Waals surface area contributed by atoms with Crippen LogP contribution in [0.25, 0.3) is 10.9 Å². The molecule has 2 N–H and O–H groups in total. The van der Waals surface area contributed by atoms with E-state index in [9.17, 15) is 9.59 Å². The van der Waals surface area contributed by atoms with Crippen molar-refractivity contribution < 1.29 is 9.59 Å². The van der Waals surface area contributed by atoms with Gasteiger partial charge in [-0.15, -0.1) is 0 Å². The fraction of sp³-hybridized carbons (Fsp3) is 0. The Hall–Kier alpha value is -2.67. The molecule has 0 fully saturated rings. The molecule has 0 spiro atoms. The first-order chi connectivity index (χ1) is 12.9. The Morgan fingerprint density at radius 2 is 1.74 bits per heavy atom. The van der Waals surface area contributed by atoms with Gasteiger partial charge < -0.3 is 5.32 Å². The SMILES string of the molecule is O=C(N/N=C\c1cc2ccccc2nc1Cl)C(=O)Nc1ccc(Cl)c(Cl)c1. The summed E-state index contributed by atoms with van der Waals surface area (Å²) in [5.74, 6) is -1.87. The van der Waals surface area contributed by atoms with Gasteiger partial charge in [-0.05, 0) is 30.3 Å². The van der Waals surface area contributed by atoms with Crippen molar-refractivity contribution in [2.24, 2.45) is 5.10 Å². The van der Waals surface area contributed by atoms with Crippen LogP contribution in [0.3, 0.4) is 0 Å². The number of amides is 2. The minimum absolute atomic E-state index is 0.229. The molecule has 2 amide bonds. The normalized spacial score (nSPS) is 10.9. The fourth-order valence-electron chi connectivity index (χ4n) is 2.17. The molecule has 0 radical (unpaired) electrons. The number of halogens is 3. The molecule has 3 aromatic rings. The summed E-state index contributed by atoms with van der Waals surface area (Å²) in [6.07, 6.45) is 1.31. The third-order valence-electron chi connectivity index (χ3n) is 3.46. The van der Waals surface area contributed by atoms with E-state index in [1.165, 1.54) is 24.4 Å². The number of nitrogens with one attached hydrogen (secondary N) is 2. The Balaban J connectivity index is 1.65. The summed E-state index contributed by atoms with van der Waals surface area (Å²) in [5.41, 5.74) is 3.70. The molecule has 1 heterocycles. The molecular formula is C18H11Cl3N4O2. The molecule has 0 saturated heterocycles. The van der Waals surface area contributed by atoms with Gasteiger partial charge in [-0.1, -0.05) is 53.0 Å². The van der Waals surface area contributed by atoms with Gasteiger partial charge in [-0.2, -0.15) is 5.10 Å². The highest BCUT2D eigenvalue weighted by Gasteiger charge is 2.13. The van der Waals surface area contributed by atoms with Gasteiger partial charge in [0.1, 0.15) is 5.15 Å². The van der Waals surface area contributed by atoms with Gasteiger partial charge in [0.15, 0.2) is 0 Å². The second kappa shape index (κ2) is 8.35. The molecule has 0 saturated carbocycles. The van der Waals surface area contributed by atoms with Gasteiger partial charge in [0.2, 0.25) is 0 Å². The number of aromatic nitrogens is 1. The number of pyridine rings is 1. The van der Waals surface area contributed by atoms with E-state index < -0.39 is 11.8 Å². The number of anilines is 1. The van der Waals surface area contributed by atoms with Gasteiger partial charge in [0.25, 0.3) is 0 Å². The maximum absolute atomic E-state index is 11.9. The topological polar surface area (TPSA) is 83.5 Å². The molecule has 6 nitrogen and oxygen atoms in total. The first-order valence-electron chi connectivity index (χ1n) is 7.59. The molecule has 3 rings (SSSR count). The monoisotopic (exact) mass is 420 g/mol. The predicted molar refractivity (Wildman–Crippen MR) is 108 cm³/mol. The Morgan fingerprint density at radius 1 is 0.963 bits per heavy atom. The van der Waals surface area contributed by atoms with E-state index in [0.29, 0.717) is 16.3 Å². The van der Waals surface area contributed by atoms with Gasteiger partial charge >= 0.3 is 11.8 Å². The number of carbonyl (C=O) groups excluding carboxylic acids is 2. The lowest BCUT2D eigenvalue weighted by Crippen LogP contribution is -2.32. The summed E-state index contributed by atoms with van der Waals surface area (Å²) in [6.45, 7) is 0. The average molecular weight is 422 g/mol. The third-order valence-corrected chi connectivity index (χ3v) is 4.50. The van der Waals surface area contributed by atoms with Crippen LogP contribution in [-0.2, 0) is 9.59 Å². The van der Waals surface area contributed by atoms with Crippen LogP contribution in [0, 0.1) is 0 Å². The molecule has 0 aliphatic heterocycles. The summed E-state index contributed by atoms with van der Waals surface area (Å²) in [6, 6.07) is 13.7. The van der Waals surface area contributed by atoms with Crippen LogP contribution in [0.2, 0.25) is 15.2 Å². The quantitative estimate of drug-likeness (QED) is 0.286. The van der Waals surface area contributed by atoms with E-state index in [0.717, 1.165) is 10.9 Å². The highest BCUT2D eigenvalue weighted by molar-refractivity contribution is 6.43. The van der Waals surface area contributed by atoms with Crippen LogP contribution < -0.4 is 10.7 Å². The van der Waals surface area contributed by atoms with Gasteiger partial charge in [0, 0.05) is 16.6 Å². The number of hydrogen-bond donors (Lipinski definition) is 2. The second-order valence-electron chi connectivity index (χ2n) is 5.34. The lowest BCUT2D eigenvalue weighted by molar-refractivity contribution is -0.136. The number of rotatable bonds is 3. The Labute approximate surface area is 169 Å². The van der Waals surface area contributed by atoms with E-state index in [1.54, 1.807) is 6.07 Å². The maximum Gasteiger partial charge on any atom is 0.329 e. The maximum atomic E-state index is 11.9. The number of para-hydroxylation sites is 1. The number of carbonyl (C=O) groups is 2. The summed E-state index contributed by atoms with van der Waals surface area (Å²) in [4.78, 5) is 28.0. The zero-order chi connectivity index (χ0) is 19.4. The zero-order valence-corrected chi connectivity index (χ0v) is 15.8. The zero-order valence-electron chi connectivity index (χ0n) is 13.5. The van der Waals surface area contributed by atoms with Crippen molar-refractivity contribution in [2.45, 2.75) is 0 Å². The minimum atomic E-state index is -0.956. The van der Waals surface area contributed by atoms with Crippen molar-refractivity contribution in [1.29, 1.82) is 0 Å². The van der Waals surface area contributed by atoms with Gasteiger partial charge in [0.05, 0.1) is 21.8 Å². The van der Waals surface area contributed by atoms with Crippen LogP contribution >= 0.6 is 34.8 Å². The molecular weight excluding hydrogens is 411 g/mol. The molecule has 0 aliphatic rings. The lowest BCUT2D eigenvalue weighted by atomic mass is 10.2. The van der Waals surface area contributed by atoms with Gasteiger partial charge in [-0.25, -0.2) is 10.4 Å². The molecule has 0 aliphatic carbocycles. The first kappa shape index (κ1) is 19.1. The molecule has 27 heavy (non-hydrogen) atoms. The third kappa shape index (κ3) is 4.74. The van der Waals surface area contributed by atoms with Crippen LogP contribution in [0.4, 0.5) is 5.69 Å². The van der Waals surface area contributed by atoms with E-state index in [1.807, 2.05) is 24.3 Å². The Morgan fingerprint density at radius 3 is 2.52 bits per heavy atom. The predicted octanol–water partition coefficient (Wildman–Crippen LogP) is 4.28. The first-order valence-corrected chi connectivity index (χ1v) is 8.72. The Kier molecular flexibility index (Phi) is 5.91. The lowest BCUT2D eigenvalue weighted by Gasteiger charge is -2.05. The molecule has 0 unspecified atom stereocenters. The smallest absolute Gasteiger partial charge is 0.318 e. The number of nitrogens with zero attached hydrogens (tertiary/aromatic N) is 2. The van der Waals surface area contributed by atoms with Crippen molar-refractivity contribution in [3.05, 3.63) is 69.3 Å². The highest BCUT2D eigenvalue weighted by atomic mass is 35.5. The molecule has 0 bridgehead atoms. The standard InChI is InChI=1S/C18H11Cl3N4O2/c19-13-6-5-12(8-14(13)20)23-17(26)18(27)25-22-9-11-7-10-3-1-2-4-15(10)24-16(11)21/h1-9H,(H,23,26)(H,25,27)/b22-9-. The summed E-state index contributed by atoms with van der Waals surface area (Å²) < 4.78 is 0. The summed E-state index contributed by atoms with van der Waals surface area (Å²) >= 11 is 17.8. The van der Waals surface area contributed by atoms with Crippen LogP contribution in [-0.4, -0.2) is 23.0 Å². The largest absolute Gasteiger partial charge is 0.329 e. The van der Waals surface area contributed by atoms with Crippen LogP contribution in [0.1, 0.15) is 5.56 Å². The summed E-state index contributed by atoms with van der Waals surface area (Å²) in [5, 5.41) is 7.82.